The fraction of sp³-hybridized carbons (Fsp3) is 0.0833. The topological polar surface area (TPSA) is 68.3 Å². The van der Waals surface area contributed by atoms with Gasteiger partial charge in [-0.25, -0.2) is 0 Å². The van der Waals surface area contributed by atoms with Crippen molar-refractivity contribution in [2.45, 2.75) is 12.4 Å². The Kier molecular flexibility index (Phi) is 7.89. The van der Waals surface area contributed by atoms with Crippen molar-refractivity contribution < 1.29 is 45.5 Å². The van der Waals surface area contributed by atoms with Crippen LogP contribution in [0.2, 0.25) is 0 Å². The number of alkyl halides is 6. The number of Topliss-reactive ketones (excluding diaryl/α,β-unsaturated/α-hetero) is 4. The molecule has 0 saturated heterocycles. The molecular weight excluding hydrogens is 530 g/mol. The Morgan fingerprint density at radius 1 is 0.611 bits per heavy atom. The van der Waals surface area contributed by atoms with E-state index in [1.54, 1.807) is 0 Å². The lowest BCUT2D eigenvalue weighted by Crippen LogP contribution is -2.28. The molecule has 0 radical (unpaired) electrons. The molecule has 3 rings (SSSR count). The second-order valence-corrected chi connectivity index (χ2v) is 8.95. The average molecular weight is 542 g/mol. The predicted molar refractivity (Wildman–Crippen MR) is 122 cm³/mol. The summed E-state index contributed by atoms with van der Waals surface area (Å²) in [5, 5.41) is 2.86. The Balaban J connectivity index is 2.10. The first-order chi connectivity index (χ1) is 16.8. The van der Waals surface area contributed by atoms with Crippen LogP contribution in [-0.4, -0.2) is 35.5 Å². The van der Waals surface area contributed by atoms with E-state index < -0.39 is 46.6 Å². The van der Waals surface area contributed by atoms with Gasteiger partial charge in [-0.2, -0.15) is 26.3 Å². The highest BCUT2D eigenvalue weighted by atomic mass is 32.1. The molecule has 0 aliphatic carbocycles. The maximum atomic E-state index is 13.2. The van der Waals surface area contributed by atoms with Gasteiger partial charge in [0.05, 0.1) is 20.9 Å². The quantitative estimate of drug-likeness (QED) is 0.106. The van der Waals surface area contributed by atoms with Crippen LogP contribution in [0.15, 0.2) is 70.4 Å². The van der Waals surface area contributed by atoms with Crippen molar-refractivity contribution in [1.82, 2.24) is 0 Å². The minimum Gasteiger partial charge on any atom is -0.288 e. The molecular formula is C24H12F6O4S2. The fourth-order valence-electron chi connectivity index (χ4n) is 2.93. The van der Waals surface area contributed by atoms with Crippen LogP contribution in [0.3, 0.4) is 0 Å². The first-order valence-corrected chi connectivity index (χ1v) is 11.5. The highest BCUT2D eigenvalue weighted by molar-refractivity contribution is 7.12. The largest absolute Gasteiger partial charge is 0.455 e. The van der Waals surface area contributed by atoms with Gasteiger partial charge in [0.1, 0.15) is 0 Å². The highest BCUT2D eigenvalue weighted by Gasteiger charge is 2.44. The zero-order valence-electron chi connectivity index (χ0n) is 17.6. The number of carbonyl (C=O) groups is 4. The van der Waals surface area contributed by atoms with E-state index in [0.717, 1.165) is 28.7 Å². The molecule has 0 aliphatic rings. The molecule has 0 unspecified atom stereocenters. The van der Waals surface area contributed by atoms with Crippen LogP contribution >= 0.6 is 22.7 Å². The van der Waals surface area contributed by atoms with E-state index in [1.165, 1.54) is 53.2 Å². The summed E-state index contributed by atoms with van der Waals surface area (Å²) in [6.45, 7) is 0. The van der Waals surface area contributed by atoms with E-state index in [9.17, 15) is 45.5 Å². The van der Waals surface area contributed by atoms with Crippen molar-refractivity contribution in [3.8, 4) is 0 Å². The second-order valence-electron chi connectivity index (χ2n) is 7.05. The van der Waals surface area contributed by atoms with E-state index >= 15 is 0 Å². The summed E-state index contributed by atoms with van der Waals surface area (Å²) >= 11 is 1.63. The molecule has 0 bridgehead atoms. The molecule has 0 N–H and O–H groups in total. The van der Waals surface area contributed by atoms with Crippen molar-refractivity contribution in [2.24, 2.45) is 0 Å². The molecule has 0 fully saturated rings. The van der Waals surface area contributed by atoms with Crippen molar-refractivity contribution in [3.05, 3.63) is 91.3 Å². The summed E-state index contributed by atoms with van der Waals surface area (Å²) in [7, 11) is 0. The molecule has 36 heavy (non-hydrogen) atoms. The van der Waals surface area contributed by atoms with Crippen LogP contribution in [0, 0.1) is 0 Å². The molecule has 4 nitrogen and oxygen atoms in total. The molecule has 0 atom stereocenters. The molecule has 2 aromatic heterocycles. The minimum absolute atomic E-state index is 0.130. The van der Waals surface area contributed by atoms with Crippen LogP contribution in [0.5, 0.6) is 0 Å². The zero-order chi connectivity index (χ0) is 26.7. The number of hydrogen-bond donors (Lipinski definition) is 0. The van der Waals surface area contributed by atoms with Crippen molar-refractivity contribution in [1.29, 1.82) is 0 Å². The second kappa shape index (κ2) is 10.5. The summed E-state index contributed by atoms with van der Waals surface area (Å²) in [6.07, 6.45) is -9.42. The Morgan fingerprint density at radius 2 is 1.00 bits per heavy atom. The Morgan fingerprint density at radius 3 is 1.31 bits per heavy atom. The van der Waals surface area contributed by atoms with Crippen LogP contribution in [-0.2, 0) is 9.59 Å². The maximum Gasteiger partial charge on any atom is 0.455 e. The number of benzene rings is 1. The third kappa shape index (κ3) is 6.32. The molecule has 0 spiro atoms. The van der Waals surface area contributed by atoms with Crippen LogP contribution in [0.25, 0.3) is 12.2 Å². The average Bonchev–Trinajstić information content (AvgIpc) is 3.53. The molecule has 2 heterocycles. The van der Waals surface area contributed by atoms with E-state index in [-0.39, 0.29) is 20.9 Å². The van der Waals surface area contributed by atoms with Gasteiger partial charge >= 0.3 is 12.4 Å². The number of hydrogen-bond acceptors (Lipinski definition) is 6. The van der Waals surface area contributed by atoms with Crippen LogP contribution in [0.4, 0.5) is 26.3 Å². The zero-order valence-corrected chi connectivity index (χ0v) is 19.3. The third-order valence-electron chi connectivity index (χ3n) is 4.52. The van der Waals surface area contributed by atoms with E-state index in [0.29, 0.717) is 12.2 Å². The number of carbonyl (C=O) groups excluding carboxylic acids is 4. The predicted octanol–water partition coefficient (Wildman–Crippen LogP) is 6.61. The molecule has 3 aromatic rings. The molecule has 0 aliphatic heterocycles. The summed E-state index contributed by atoms with van der Waals surface area (Å²) < 4.78 is 78.9. The van der Waals surface area contributed by atoms with Gasteiger partial charge in [-0.05, 0) is 52.2 Å². The van der Waals surface area contributed by atoms with Crippen molar-refractivity contribution in [3.63, 3.8) is 0 Å². The van der Waals surface area contributed by atoms with Gasteiger partial charge in [0.25, 0.3) is 11.6 Å². The standard InChI is InChI=1S/C24H12F6O4S2/c25-23(26,27)21(33)15(19(31)17-6-2-8-35-17)11-13-4-1-5-14(10-13)12-16(22(34)24(28,29)30)20(32)18-7-3-9-36-18/h1-12H. The molecule has 186 valence electrons. The number of ketones is 4. The normalized spacial score (nSPS) is 12.9. The lowest BCUT2D eigenvalue weighted by Gasteiger charge is -2.10. The molecule has 0 saturated carbocycles. The Labute approximate surface area is 207 Å². The van der Waals surface area contributed by atoms with Gasteiger partial charge in [0.15, 0.2) is 0 Å². The van der Waals surface area contributed by atoms with Gasteiger partial charge in [-0.15, -0.1) is 22.7 Å². The number of rotatable bonds is 8. The lowest BCUT2D eigenvalue weighted by molar-refractivity contribution is -0.166. The van der Waals surface area contributed by atoms with E-state index in [1.807, 2.05) is 0 Å². The lowest BCUT2D eigenvalue weighted by atomic mass is 9.98. The van der Waals surface area contributed by atoms with Crippen LogP contribution < -0.4 is 0 Å². The Bertz CT molecular complexity index is 1260. The fourth-order valence-corrected chi connectivity index (χ4v) is 4.28. The number of halogens is 6. The monoisotopic (exact) mass is 542 g/mol. The summed E-state index contributed by atoms with van der Waals surface area (Å²) in [5.41, 5.74) is -2.70. The first-order valence-electron chi connectivity index (χ1n) is 9.72. The minimum atomic E-state index is -5.37. The van der Waals surface area contributed by atoms with Gasteiger partial charge in [-0.3, -0.25) is 19.2 Å². The summed E-state index contributed by atoms with van der Waals surface area (Å²) in [6, 6.07) is 9.93. The smallest absolute Gasteiger partial charge is 0.288 e. The summed E-state index contributed by atoms with van der Waals surface area (Å²) in [5.74, 6) is -7.17. The first kappa shape index (κ1) is 27.0. The molecule has 12 heteroatoms. The molecule has 0 amide bonds. The SMILES string of the molecule is O=C(C(=Cc1cccc(C=C(C(=O)c2cccs2)C(=O)C(F)(F)F)c1)C(=O)C(F)(F)F)c1cccs1. The highest BCUT2D eigenvalue weighted by Crippen LogP contribution is 2.28. The molecule has 1 aromatic carbocycles. The Hall–Kier alpha value is -3.64. The van der Waals surface area contributed by atoms with Crippen LogP contribution in [0.1, 0.15) is 30.5 Å². The van der Waals surface area contributed by atoms with Gasteiger partial charge in [0, 0.05) is 0 Å². The number of allylic oxidation sites excluding steroid dienone is 2. The third-order valence-corrected chi connectivity index (χ3v) is 6.25. The summed E-state index contributed by atoms with van der Waals surface area (Å²) in [4.78, 5) is 48.8. The maximum absolute atomic E-state index is 13.2. The van der Waals surface area contributed by atoms with E-state index in [2.05, 4.69) is 0 Å². The van der Waals surface area contributed by atoms with Gasteiger partial charge < -0.3 is 0 Å². The number of thiophene rings is 2. The van der Waals surface area contributed by atoms with Crippen molar-refractivity contribution >= 4 is 58.0 Å². The van der Waals surface area contributed by atoms with Gasteiger partial charge in [0.2, 0.25) is 11.6 Å². The van der Waals surface area contributed by atoms with Crippen molar-refractivity contribution in [2.75, 3.05) is 0 Å². The van der Waals surface area contributed by atoms with E-state index in [4.69, 9.17) is 0 Å². The van der Waals surface area contributed by atoms with Gasteiger partial charge in [-0.1, -0.05) is 30.3 Å².